The Kier molecular flexibility index (Phi) is 3.17. The number of halogens is 2. The van der Waals surface area contributed by atoms with Crippen LogP contribution < -0.4 is 4.72 Å². The fourth-order valence-electron chi connectivity index (χ4n) is 4.18. The second-order valence-electron chi connectivity index (χ2n) is 6.66. The topological polar surface area (TPSA) is 46.2 Å². The molecule has 3 fully saturated rings. The molecule has 0 saturated heterocycles. The van der Waals surface area contributed by atoms with Crippen LogP contribution in [0.3, 0.4) is 0 Å². The summed E-state index contributed by atoms with van der Waals surface area (Å²) in [6.07, 6.45) is 5.37. The predicted octanol–water partition coefficient (Wildman–Crippen LogP) is 2.67. The monoisotopic (exact) mass is 293 g/mol. The van der Waals surface area contributed by atoms with Gasteiger partial charge in [-0.05, 0) is 50.9 Å². The zero-order valence-electron chi connectivity index (χ0n) is 11.0. The smallest absolute Gasteiger partial charge is 0.212 e. The first-order chi connectivity index (χ1) is 8.80. The molecule has 0 spiro atoms. The number of fused-ring (bicyclic) bond motifs is 2. The quantitative estimate of drug-likeness (QED) is 0.866. The Morgan fingerprint density at radius 2 is 1.79 bits per heavy atom. The predicted molar refractivity (Wildman–Crippen MR) is 68.5 cm³/mol. The summed E-state index contributed by atoms with van der Waals surface area (Å²) in [6.45, 7) is 0. The molecule has 0 radical (unpaired) electrons. The van der Waals surface area contributed by atoms with E-state index in [1.807, 2.05) is 0 Å². The number of hydrogen-bond acceptors (Lipinski definition) is 2. The van der Waals surface area contributed by atoms with Gasteiger partial charge in [-0.1, -0.05) is 0 Å². The van der Waals surface area contributed by atoms with Gasteiger partial charge in [0.05, 0.1) is 5.75 Å². The first-order valence-electron chi connectivity index (χ1n) is 7.20. The molecule has 3 aliphatic carbocycles. The van der Waals surface area contributed by atoms with Gasteiger partial charge in [0.2, 0.25) is 10.0 Å². The van der Waals surface area contributed by atoms with Crippen molar-refractivity contribution in [1.29, 1.82) is 0 Å². The number of alkyl halides is 2. The SMILES string of the molecule is O=S(=O)(C[C@H]1CCCC1(F)F)NC12CCC(CC1)C2. The first-order valence-corrected chi connectivity index (χ1v) is 8.85. The highest BCUT2D eigenvalue weighted by Crippen LogP contribution is 2.48. The van der Waals surface area contributed by atoms with Crippen LogP contribution in [0.4, 0.5) is 8.78 Å². The third-order valence-corrected chi connectivity index (χ3v) is 6.78. The number of nitrogens with one attached hydrogen (secondary N) is 1. The summed E-state index contributed by atoms with van der Waals surface area (Å²) in [4.78, 5) is 0. The highest BCUT2D eigenvalue weighted by Gasteiger charge is 2.49. The molecule has 3 nitrogen and oxygen atoms in total. The summed E-state index contributed by atoms with van der Waals surface area (Å²) in [5, 5.41) is 0. The van der Waals surface area contributed by atoms with Crippen molar-refractivity contribution in [2.75, 3.05) is 5.75 Å². The van der Waals surface area contributed by atoms with Gasteiger partial charge in [0.1, 0.15) is 0 Å². The third-order valence-electron chi connectivity index (χ3n) is 5.19. The maximum absolute atomic E-state index is 13.5. The molecule has 3 aliphatic rings. The number of rotatable bonds is 4. The molecule has 0 heterocycles. The minimum Gasteiger partial charge on any atom is -0.212 e. The van der Waals surface area contributed by atoms with E-state index in [1.165, 1.54) is 0 Å². The third kappa shape index (κ3) is 2.66. The van der Waals surface area contributed by atoms with E-state index >= 15 is 0 Å². The Hall–Kier alpha value is -0.230. The van der Waals surface area contributed by atoms with Gasteiger partial charge in [0, 0.05) is 17.9 Å². The Morgan fingerprint density at radius 3 is 2.26 bits per heavy atom. The lowest BCUT2D eigenvalue weighted by atomic mass is 9.95. The Labute approximate surface area is 113 Å². The van der Waals surface area contributed by atoms with E-state index < -0.39 is 27.6 Å². The van der Waals surface area contributed by atoms with Crippen LogP contribution in [-0.2, 0) is 10.0 Å². The van der Waals surface area contributed by atoms with E-state index in [0.717, 1.165) is 32.1 Å². The van der Waals surface area contributed by atoms with Crippen molar-refractivity contribution < 1.29 is 17.2 Å². The van der Waals surface area contributed by atoms with Crippen LogP contribution in [-0.4, -0.2) is 25.6 Å². The molecule has 0 aromatic carbocycles. The second kappa shape index (κ2) is 4.38. The summed E-state index contributed by atoms with van der Waals surface area (Å²) in [5.74, 6) is -3.58. The Balaban J connectivity index is 1.67. The standard InChI is InChI=1S/C13H21F2NO2S/c14-13(15)5-1-2-11(13)9-19(17,18)16-12-6-3-10(8-12)4-7-12/h10-11,16H,1-9H2/t10?,11-,12?/m1/s1. The highest BCUT2D eigenvalue weighted by molar-refractivity contribution is 7.89. The Bertz CT molecular complexity index is 455. The fourth-order valence-corrected chi connectivity index (χ4v) is 6.15. The molecular weight excluding hydrogens is 272 g/mol. The normalized spacial score (nSPS) is 40.9. The van der Waals surface area contributed by atoms with Gasteiger partial charge in [-0.25, -0.2) is 21.9 Å². The number of hydrogen-bond donors (Lipinski definition) is 1. The minimum atomic E-state index is -3.59. The van der Waals surface area contributed by atoms with Gasteiger partial charge < -0.3 is 0 Å². The molecule has 0 amide bonds. The van der Waals surface area contributed by atoms with Crippen LogP contribution in [0.1, 0.15) is 51.4 Å². The van der Waals surface area contributed by atoms with Crippen LogP contribution in [0.25, 0.3) is 0 Å². The van der Waals surface area contributed by atoms with Crippen molar-refractivity contribution in [3.8, 4) is 0 Å². The summed E-state index contributed by atoms with van der Waals surface area (Å²) >= 11 is 0. The summed E-state index contributed by atoms with van der Waals surface area (Å²) < 4.78 is 54.2. The molecule has 1 N–H and O–H groups in total. The van der Waals surface area contributed by atoms with Crippen LogP contribution in [0.2, 0.25) is 0 Å². The van der Waals surface area contributed by atoms with E-state index in [0.29, 0.717) is 18.8 Å². The van der Waals surface area contributed by atoms with Gasteiger partial charge >= 0.3 is 0 Å². The maximum Gasteiger partial charge on any atom is 0.251 e. The first kappa shape index (κ1) is 13.7. The average Bonchev–Trinajstić information content (AvgIpc) is 2.93. The van der Waals surface area contributed by atoms with Gasteiger partial charge in [-0.3, -0.25) is 0 Å². The van der Waals surface area contributed by atoms with Gasteiger partial charge in [0.25, 0.3) is 5.92 Å². The molecule has 1 atom stereocenters. The highest BCUT2D eigenvalue weighted by atomic mass is 32.2. The van der Waals surface area contributed by atoms with Crippen molar-refractivity contribution in [3.05, 3.63) is 0 Å². The summed E-state index contributed by atoms with van der Waals surface area (Å²) in [7, 11) is -3.59. The van der Waals surface area contributed by atoms with Crippen molar-refractivity contribution in [2.45, 2.75) is 62.8 Å². The van der Waals surface area contributed by atoms with Crippen LogP contribution in [0.15, 0.2) is 0 Å². The molecule has 0 unspecified atom stereocenters. The molecule has 3 rings (SSSR count). The zero-order chi connectivity index (χ0) is 13.7. The lowest BCUT2D eigenvalue weighted by molar-refractivity contribution is -0.0289. The van der Waals surface area contributed by atoms with Crippen LogP contribution in [0, 0.1) is 11.8 Å². The fraction of sp³-hybridized carbons (Fsp3) is 1.00. The van der Waals surface area contributed by atoms with Crippen LogP contribution in [0.5, 0.6) is 0 Å². The Morgan fingerprint density at radius 1 is 1.11 bits per heavy atom. The van der Waals surface area contributed by atoms with E-state index in [4.69, 9.17) is 0 Å². The number of sulfonamides is 1. The molecule has 0 aliphatic heterocycles. The van der Waals surface area contributed by atoms with Crippen molar-refractivity contribution in [1.82, 2.24) is 4.72 Å². The molecule has 110 valence electrons. The van der Waals surface area contributed by atoms with E-state index in [-0.39, 0.29) is 12.0 Å². The molecule has 6 heteroatoms. The molecule has 0 aromatic heterocycles. The average molecular weight is 293 g/mol. The van der Waals surface area contributed by atoms with E-state index in [1.54, 1.807) is 0 Å². The molecule has 3 saturated carbocycles. The molecule has 0 aromatic rings. The molecule has 19 heavy (non-hydrogen) atoms. The summed E-state index contributed by atoms with van der Waals surface area (Å²) in [5.41, 5.74) is -0.308. The lowest BCUT2D eigenvalue weighted by Crippen LogP contribution is -2.47. The summed E-state index contributed by atoms with van der Waals surface area (Å²) in [6, 6.07) is 0. The van der Waals surface area contributed by atoms with Crippen molar-refractivity contribution in [2.24, 2.45) is 11.8 Å². The van der Waals surface area contributed by atoms with Gasteiger partial charge in [0.15, 0.2) is 0 Å². The molecular formula is C13H21F2NO2S. The zero-order valence-corrected chi connectivity index (χ0v) is 11.8. The van der Waals surface area contributed by atoms with Crippen molar-refractivity contribution >= 4 is 10.0 Å². The van der Waals surface area contributed by atoms with Gasteiger partial charge in [-0.2, -0.15) is 0 Å². The van der Waals surface area contributed by atoms with E-state index in [2.05, 4.69) is 4.72 Å². The second-order valence-corrected chi connectivity index (χ2v) is 8.43. The molecule has 2 bridgehead atoms. The van der Waals surface area contributed by atoms with E-state index in [9.17, 15) is 17.2 Å². The van der Waals surface area contributed by atoms with Crippen LogP contribution >= 0.6 is 0 Å². The lowest BCUT2D eigenvalue weighted by Gasteiger charge is -2.29. The largest absolute Gasteiger partial charge is 0.251 e. The minimum absolute atomic E-state index is 0.166. The maximum atomic E-state index is 13.5. The van der Waals surface area contributed by atoms with Gasteiger partial charge in [-0.15, -0.1) is 0 Å². The van der Waals surface area contributed by atoms with Crippen molar-refractivity contribution in [3.63, 3.8) is 0 Å².